The van der Waals surface area contributed by atoms with E-state index in [4.69, 9.17) is 9.47 Å². The van der Waals surface area contributed by atoms with Gasteiger partial charge in [-0.3, -0.25) is 19.6 Å². The van der Waals surface area contributed by atoms with Crippen LogP contribution in [-0.2, 0) is 15.1 Å². The Morgan fingerprint density at radius 3 is 2.67 bits per heavy atom. The van der Waals surface area contributed by atoms with E-state index in [0.29, 0.717) is 18.8 Å². The molecule has 3 amide bonds. The highest BCUT2D eigenvalue weighted by atomic mass is 16.5. The second kappa shape index (κ2) is 10.8. The fraction of sp³-hybridized carbons (Fsp3) is 0.464. The average Bonchev–Trinajstić information content (AvgIpc) is 3.53. The standard InChI is InChI=1S/C28H34N4O4/c1-35-24-11-3-2-8-21(24)9-6-16-31-17-13-22(14-18-31)28(25-12-4-5-15-29-25)26(33)32(27(34)30-28)20-23-10-7-19-36-23/h2-6,8-9,11-12,15,22-23H,7,10,13-14,16-20H2,1H3,(H,30,34). The predicted molar refractivity (Wildman–Crippen MR) is 136 cm³/mol. The highest BCUT2D eigenvalue weighted by Gasteiger charge is 2.58. The molecule has 0 radical (unpaired) electrons. The van der Waals surface area contributed by atoms with Gasteiger partial charge in [0.25, 0.3) is 5.91 Å². The first-order valence-corrected chi connectivity index (χ1v) is 12.8. The molecule has 3 aliphatic heterocycles. The lowest BCUT2D eigenvalue weighted by Crippen LogP contribution is -2.54. The van der Waals surface area contributed by atoms with Gasteiger partial charge < -0.3 is 14.8 Å². The number of ether oxygens (including phenoxy) is 2. The Hall–Kier alpha value is -3.23. The lowest BCUT2D eigenvalue weighted by atomic mass is 9.75. The van der Waals surface area contributed by atoms with Gasteiger partial charge in [0.15, 0.2) is 5.54 Å². The second-order valence-corrected chi connectivity index (χ2v) is 9.72. The highest BCUT2D eigenvalue weighted by Crippen LogP contribution is 2.41. The number of pyridine rings is 1. The number of likely N-dealkylation sites (tertiary alicyclic amines) is 1. The lowest BCUT2D eigenvalue weighted by molar-refractivity contribution is -0.135. The molecule has 0 saturated carbocycles. The van der Waals surface area contributed by atoms with E-state index < -0.39 is 5.54 Å². The molecule has 36 heavy (non-hydrogen) atoms. The van der Waals surface area contributed by atoms with E-state index in [-0.39, 0.29) is 24.0 Å². The van der Waals surface area contributed by atoms with Crippen LogP contribution in [0.2, 0.25) is 0 Å². The zero-order chi connectivity index (χ0) is 25.0. The van der Waals surface area contributed by atoms with Gasteiger partial charge >= 0.3 is 6.03 Å². The van der Waals surface area contributed by atoms with Crippen molar-refractivity contribution in [2.45, 2.75) is 37.3 Å². The first-order chi connectivity index (χ1) is 17.6. The summed E-state index contributed by atoms with van der Waals surface area (Å²) in [4.78, 5) is 35.3. The molecule has 3 fully saturated rings. The number of aromatic nitrogens is 1. The Bertz CT molecular complexity index is 1090. The molecule has 2 atom stereocenters. The average molecular weight is 491 g/mol. The molecular formula is C28H34N4O4. The molecule has 1 aromatic carbocycles. The fourth-order valence-electron chi connectivity index (χ4n) is 5.69. The molecule has 2 aromatic rings. The van der Waals surface area contributed by atoms with Gasteiger partial charge in [0.05, 0.1) is 25.5 Å². The third-order valence-corrected chi connectivity index (χ3v) is 7.61. The van der Waals surface area contributed by atoms with Crippen molar-refractivity contribution >= 4 is 18.0 Å². The molecular weight excluding hydrogens is 456 g/mol. The van der Waals surface area contributed by atoms with E-state index >= 15 is 0 Å². The van der Waals surface area contributed by atoms with Crippen LogP contribution in [0.5, 0.6) is 5.75 Å². The molecule has 8 nitrogen and oxygen atoms in total. The minimum Gasteiger partial charge on any atom is -0.496 e. The number of amides is 3. The molecule has 3 saturated heterocycles. The van der Waals surface area contributed by atoms with Gasteiger partial charge in [-0.15, -0.1) is 0 Å². The van der Waals surface area contributed by atoms with Gasteiger partial charge in [-0.05, 0) is 62.9 Å². The Kier molecular flexibility index (Phi) is 7.34. The van der Waals surface area contributed by atoms with Gasteiger partial charge in [0.1, 0.15) is 5.75 Å². The Balaban J connectivity index is 1.29. The second-order valence-electron chi connectivity index (χ2n) is 9.72. The summed E-state index contributed by atoms with van der Waals surface area (Å²) < 4.78 is 11.2. The van der Waals surface area contributed by atoms with Crippen molar-refractivity contribution in [1.29, 1.82) is 0 Å². The van der Waals surface area contributed by atoms with Crippen molar-refractivity contribution < 1.29 is 19.1 Å². The number of hydrogen-bond donors (Lipinski definition) is 1. The number of methoxy groups -OCH3 is 1. The van der Waals surface area contributed by atoms with E-state index in [1.54, 1.807) is 13.3 Å². The number of carbonyl (C=O) groups is 2. The normalized spacial score (nSPS) is 25.6. The zero-order valence-electron chi connectivity index (χ0n) is 20.8. The Morgan fingerprint density at radius 1 is 1.14 bits per heavy atom. The largest absolute Gasteiger partial charge is 0.496 e. The summed E-state index contributed by atoms with van der Waals surface area (Å²) >= 11 is 0. The van der Waals surface area contributed by atoms with Gasteiger partial charge in [-0.1, -0.05) is 36.4 Å². The third-order valence-electron chi connectivity index (χ3n) is 7.61. The maximum absolute atomic E-state index is 13.9. The molecule has 1 aromatic heterocycles. The Morgan fingerprint density at radius 2 is 1.94 bits per heavy atom. The summed E-state index contributed by atoms with van der Waals surface area (Å²) in [6, 6.07) is 13.2. The minimum absolute atomic E-state index is 0.0345. The molecule has 2 unspecified atom stereocenters. The number of benzene rings is 1. The number of nitrogens with zero attached hydrogens (tertiary/aromatic N) is 3. The summed E-state index contributed by atoms with van der Waals surface area (Å²) in [5.74, 6) is 0.622. The van der Waals surface area contributed by atoms with E-state index in [9.17, 15) is 9.59 Å². The number of hydrogen-bond acceptors (Lipinski definition) is 6. The molecule has 3 aliphatic rings. The number of urea groups is 1. The number of piperidine rings is 1. The first kappa shape index (κ1) is 24.5. The number of nitrogens with one attached hydrogen (secondary N) is 1. The summed E-state index contributed by atoms with van der Waals surface area (Å²) in [7, 11) is 1.68. The zero-order valence-corrected chi connectivity index (χ0v) is 20.8. The van der Waals surface area contributed by atoms with Crippen LogP contribution in [0, 0.1) is 5.92 Å². The van der Waals surface area contributed by atoms with Crippen molar-refractivity contribution in [3.8, 4) is 5.75 Å². The van der Waals surface area contributed by atoms with Crippen LogP contribution in [0.1, 0.15) is 36.9 Å². The van der Waals surface area contributed by atoms with Crippen molar-refractivity contribution in [1.82, 2.24) is 20.1 Å². The van der Waals surface area contributed by atoms with E-state index in [2.05, 4.69) is 27.4 Å². The van der Waals surface area contributed by atoms with Crippen LogP contribution in [0.25, 0.3) is 6.08 Å². The van der Waals surface area contributed by atoms with Crippen LogP contribution in [0.15, 0.2) is 54.7 Å². The van der Waals surface area contributed by atoms with Crippen molar-refractivity contribution in [2.75, 3.05) is 39.9 Å². The molecule has 0 spiro atoms. The van der Waals surface area contributed by atoms with Crippen molar-refractivity contribution in [3.63, 3.8) is 0 Å². The van der Waals surface area contributed by atoms with E-state index in [0.717, 1.165) is 56.6 Å². The number of para-hydroxylation sites is 1. The molecule has 0 bridgehead atoms. The molecule has 4 heterocycles. The van der Waals surface area contributed by atoms with Gasteiger partial charge in [-0.25, -0.2) is 4.79 Å². The maximum Gasteiger partial charge on any atom is 0.325 e. The molecule has 190 valence electrons. The number of rotatable bonds is 8. The van der Waals surface area contributed by atoms with E-state index in [1.165, 1.54) is 4.90 Å². The number of carbonyl (C=O) groups excluding carboxylic acids is 2. The summed E-state index contributed by atoms with van der Waals surface area (Å²) in [5.41, 5.74) is 0.540. The van der Waals surface area contributed by atoms with Crippen LogP contribution in [0.4, 0.5) is 4.79 Å². The van der Waals surface area contributed by atoms with Crippen molar-refractivity contribution in [2.24, 2.45) is 5.92 Å². The minimum atomic E-state index is -1.13. The molecule has 5 rings (SSSR count). The Labute approximate surface area is 212 Å². The summed E-state index contributed by atoms with van der Waals surface area (Å²) in [6.07, 6.45) is 9.26. The maximum atomic E-state index is 13.9. The van der Waals surface area contributed by atoms with Gasteiger partial charge in [0, 0.05) is 24.9 Å². The van der Waals surface area contributed by atoms with Gasteiger partial charge in [-0.2, -0.15) is 0 Å². The van der Waals surface area contributed by atoms with Crippen LogP contribution in [0.3, 0.4) is 0 Å². The molecule has 8 heteroatoms. The fourth-order valence-corrected chi connectivity index (χ4v) is 5.69. The monoisotopic (exact) mass is 490 g/mol. The van der Waals surface area contributed by atoms with Crippen molar-refractivity contribution in [3.05, 3.63) is 66.0 Å². The third kappa shape index (κ3) is 4.75. The van der Waals surface area contributed by atoms with Crippen LogP contribution >= 0.6 is 0 Å². The summed E-state index contributed by atoms with van der Waals surface area (Å²) in [6.45, 7) is 3.47. The van der Waals surface area contributed by atoms with Gasteiger partial charge in [0.2, 0.25) is 0 Å². The van der Waals surface area contributed by atoms with Crippen LogP contribution in [-0.4, -0.2) is 72.7 Å². The smallest absolute Gasteiger partial charge is 0.325 e. The quantitative estimate of drug-likeness (QED) is 0.571. The SMILES string of the molecule is COc1ccccc1C=CCN1CCC(C2(c3ccccn3)NC(=O)N(CC3CCCO3)C2=O)CC1. The topological polar surface area (TPSA) is 84.0 Å². The number of imide groups is 1. The lowest BCUT2D eigenvalue weighted by Gasteiger charge is -2.40. The predicted octanol–water partition coefficient (Wildman–Crippen LogP) is 3.44. The first-order valence-electron chi connectivity index (χ1n) is 12.8. The van der Waals surface area contributed by atoms with Crippen LogP contribution < -0.4 is 10.1 Å². The molecule has 0 aliphatic carbocycles. The molecule has 1 N–H and O–H groups in total. The summed E-state index contributed by atoms with van der Waals surface area (Å²) in [5, 5.41) is 3.09. The highest BCUT2D eigenvalue weighted by molar-refractivity contribution is 6.07. The van der Waals surface area contributed by atoms with E-state index in [1.807, 2.05) is 42.5 Å².